The highest BCUT2D eigenvalue weighted by Gasteiger charge is 2.53. The third-order valence-corrected chi connectivity index (χ3v) is 4.71. The van der Waals surface area contributed by atoms with Crippen LogP contribution in [0.2, 0.25) is 0 Å². The summed E-state index contributed by atoms with van der Waals surface area (Å²) in [6.45, 7) is 4.76. The van der Waals surface area contributed by atoms with Gasteiger partial charge in [0.15, 0.2) is 0 Å². The second-order valence-electron chi connectivity index (χ2n) is 5.19. The van der Waals surface area contributed by atoms with Crippen LogP contribution in [-0.4, -0.2) is 39.6 Å². The van der Waals surface area contributed by atoms with Crippen LogP contribution >= 0.6 is 11.3 Å². The van der Waals surface area contributed by atoms with Gasteiger partial charge in [0.25, 0.3) is 5.91 Å². The SMILES string of the molecule is Cc1nc(C)c(C(=O)N2CC(O)(C3CC3)C2)s1. The monoisotopic (exact) mass is 252 g/mol. The molecule has 1 aliphatic carbocycles. The lowest BCUT2D eigenvalue weighted by Crippen LogP contribution is -2.64. The van der Waals surface area contributed by atoms with Crippen LogP contribution in [0.15, 0.2) is 0 Å². The first-order valence-electron chi connectivity index (χ1n) is 5.95. The third kappa shape index (κ3) is 1.77. The Bertz CT molecular complexity index is 473. The van der Waals surface area contributed by atoms with Crippen LogP contribution < -0.4 is 0 Å². The second kappa shape index (κ2) is 3.53. The summed E-state index contributed by atoms with van der Waals surface area (Å²) in [4.78, 5) is 18.9. The van der Waals surface area contributed by atoms with E-state index in [1.165, 1.54) is 11.3 Å². The number of carbonyl (C=O) groups excluding carboxylic acids is 1. The molecule has 92 valence electrons. The van der Waals surface area contributed by atoms with Gasteiger partial charge in [-0.05, 0) is 32.6 Å². The van der Waals surface area contributed by atoms with Gasteiger partial charge in [-0.25, -0.2) is 4.98 Å². The molecule has 0 spiro atoms. The van der Waals surface area contributed by atoms with E-state index in [0.29, 0.717) is 19.0 Å². The summed E-state index contributed by atoms with van der Waals surface area (Å²) in [5, 5.41) is 11.1. The van der Waals surface area contributed by atoms with Gasteiger partial charge in [0.2, 0.25) is 0 Å². The number of nitrogens with zero attached hydrogens (tertiary/aromatic N) is 2. The van der Waals surface area contributed by atoms with Gasteiger partial charge >= 0.3 is 0 Å². The lowest BCUT2D eigenvalue weighted by Gasteiger charge is -2.46. The molecule has 17 heavy (non-hydrogen) atoms. The lowest BCUT2D eigenvalue weighted by atomic mass is 9.88. The van der Waals surface area contributed by atoms with Crippen molar-refractivity contribution in [1.82, 2.24) is 9.88 Å². The fourth-order valence-corrected chi connectivity index (χ4v) is 3.40. The number of likely N-dealkylation sites (tertiary alicyclic amines) is 1. The van der Waals surface area contributed by atoms with Gasteiger partial charge in [-0.15, -0.1) is 11.3 Å². The Morgan fingerprint density at radius 2 is 2.12 bits per heavy atom. The molecule has 1 saturated heterocycles. The first kappa shape index (κ1) is 11.2. The first-order valence-corrected chi connectivity index (χ1v) is 6.77. The summed E-state index contributed by atoms with van der Waals surface area (Å²) in [7, 11) is 0. The van der Waals surface area contributed by atoms with Crippen LogP contribution in [0, 0.1) is 19.8 Å². The van der Waals surface area contributed by atoms with Crippen molar-refractivity contribution >= 4 is 17.2 Å². The van der Waals surface area contributed by atoms with Gasteiger partial charge in [-0.2, -0.15) is 0 Å². The molecule has 0 unspecified atom stereocenters. The minimum absolute atomic E-state index is 0.0263. The van der Waals surface area contributed by atoms with Gasteiger partial charge in [0.05, 0.1) is 23.8 Å². The predicted molar refractivity (Wildman–Crippen MR) is 65.2 cm³/mol. The van der Waals surface area contributed by atoms with Gasteiger partial charge < -0.3 is 10.0 Å². The zero-order valence-electron chi connectivity index (χ0n) is 10.1. The van der Waals surface area contributed by atoms with E-state index in [1.54, 1.807) is 4.90 Å². The number of rotatable bonds is 2. The molecule has 1 aromatic heterocycles. The maximum atomic E-state index is 12.2. The van der Waals surface area contributed by atoms with Gasteiger partial charge in [0, 0.05) is 0 Å². The third-order valence-electron chi connectivity index (χ3n) is 3.65. The number of hydrogen-bond donors (Lipinski definition) is 1. The highest BCUT2D eigenvalue weighted by Crippen LogP contribution is 2.45. The molecular weight excluding hydrogens is 236 g/mol. The van der Waals surface area contributed by atoms with Crippen molar-refractivity contribution in [3.8, 4) is 0 Å². The zero-order valence-corrected chi connectivity index (χ0v) is 10.9. The molecule has 4 nitrogen and oxygen atoms in total. The van der Waals surface area contributed by atoms with Crippen LogP contribution in [-0.2, 0) is 0 Å². The topological polar surface area (TPSA) is 53.4 Å². The molecule has 0 bridgehead atoms. The van der Waals surface area contributed by atoms with Crippen molar-refractivity contribution in [2.24, 2.45) is 5.92 Å². The molecule has 1 aromatic rings. The summed E-state index contributed by atoms with van der Waals surface area (Å²) in [5.74, 6) is 0.453. The molecular formula is C12H16N2O2S. The molecule has 2 fully saturated rings. The molecule has 5 heteroatoms. The molecule has 1 N–H and O–H groups in total. The number of amides is 1. The van der Waals surface area contributed by atoms with E-state index >= 15 is 0 Å². The van der Waals surface area contributed by atoms with Gasteiger partial charge in [-0.1, -0.05) is 0 Å². The Hall–Kier alpha value is -0.940. The number of aliphatic hydroxyl groups is 1. The summed E-state index contributed by atoms with van der Waals surface area (Å²) in [6, 6.07) is 0. The first-order chi connectivity index (χ1) is 7.99. The van der Waals surface area contributed by atoms with Crippen molar-refractivity contribution in [3.63, 3.8) is 0 Å². The molecule has 1 amide bonds. The molecule has 2 aliphatic rings. The Balaban J connectivity index is 1.71. The number of carbonyl (C=O) groups is 1. The maximum absolute atomic E-state index is 12.2. The average molecular weight is 252 g/mol. The van der Waals surface area contributed by atoms with E-state index in [1.807, 2.05) is 13.8 Å². The number of thiazole rings is 1. The highest BCUT2D eigenvalue weighted by atomic mass is 32.1. The Labute approximate surface area is 104 Å². The van der Waals surface area contributed by atoms with Crippen molar-refractivity contribution in [1.29, 1.82) is 0 Å². The van der Waals surface area contributed by atoms with E-state index < -0.39 is 5.60 Å². The predicted octanol–water partition coefficient (Wildman–Crippen LogP) is 1.36. The zero-order chi connectivity index (χ0) is 12.2. The van der Waals surface area contributed by atoms with E-state index in [2.05, 4.69) is 4.98 Å². The lowest BCUT2D eigenvalue weighted by molar-refractivity contribution is -0.0957. The van der Waals surface area contributed by atoms with Crippen LogP contribution in [0.25, 0.3) is 0 Å². The van der Waals surface area contributed by atoms with E-state index in [0.717, 1.165) is 28.4 Å². The van der Waals surface area contributed by atoms with E-state index in [9.17, 15) is 9.90 Å². The quantitative estimate of drug-likeness (QED) is 0.864. The van der Waals surface area contributed by atoms with E-state index in [-0.39, 0.29) is 5.91 Å². The summed E-state index contributed by atoms with van der Waals surface area (Å²) >= 11 is 1.44. The maximum Gasteiger partial charge on any atom is 0.266 e. The summed E-state index contributed by atoms with van der Waals surface area (Å²) in [6.07, 6.45) is 2.22. The summed E-state index contributed by atoms with van der Waals surface area (Å²) in [5.41, 5.74) is 0.211. The Morgan fingerprint density at radius 3 is 2.59 bits per heavy atom. The normalized spacial score (nSPS) is 22.4. The minimum atomic E-state index is -0.594. The van der Waals surface area contributed by atoms with Crippen LogP contribution in [0.5, 0.6) is 0 Å². The van der Waals surface area contributed by atoms with Crippen molar-refractivity contribution in [3.05, 3.63) is 15.6 Å². The molecule has 3 rings (SSSR count). The number of aromatic nitrogens is 1. The Morgan fingerprint density at radius 1 is 1.47 bits per heavy atom. The van der Waals surface area contributed by atoms with Crippen LogP contribution in [0.3, 0.4) is 0 Å². The fraction of sp³-hybridized carbons (Fsp3) is 0.667. The second-order valence-corrected chi connectivity index (χ2v) is 6.39. The van der Waals surface area contributed by atoms with E-state index in [4.69, 9.17) is 0 Å². The Kier molecular flexibility index (Phi) is 2.32. The summed E-state index contributed by atoms with van der Waals surface area (Å²) < 4.78 is 0. The molecule has 0 atom stereocenters. The van der Waals surface area contributed by atoms with Gasteiger partial charge in [0.1, 0.15) is 10.5 Å². The van der Waals surface area contributed by atoms with Crippen molar-refractivity contribution < 1.29 is 9.90 Å². The molecule has 0 radical (unpaired) electrons. The standard InChI is InChI=1S/C12H16N2O2S/c1-7-10(17-8(2)13-7)11(15)14-5-12(16,6-14)9-3-4-9/h9,16H,3-6H2,1-2H3. The fourth-order valence-electron chi connectivity index (χ4n) is 2.51. The number of aryl methyl sites for hydroxylation is 2. The largest absolute Gasteiger partial charge is 0.386 e. The molecule has 1 aliphatic heterocycles. The number of hydrogen-bond acceptors (Lipinski definition) is 4. The molecule has 0 aromatic carbocycles. The smallest absolute Gasteiger partial charge is 0.266 e. The average Bonchev–Trinajstić information content (AvgIpc) is 3.00. The minimum Gasteiger partial charge on any atom is -0.386 e. The van der Waals surface area contributed by atoms with Crippen molar-refractivity contribution in [2.75, 3.05) is 13.1 Å². The van der Waals surface area contributed by atoms with Crippen molar-refractivity contribution in [2.45, 2.75) is 32.3 Å². The van der Waals surface area contributed by atoms with Crippen LogP contribution in [0.4, 0.5) is 0 Å². The number of β-amino-alcohol motifs (C(OH)–C–C–N with tert-alkyl or cyclic N) is 1. The van der Waals surface area contributed by atoms with Crippen LogP contribution in [0.1, 0.15) is 33.2 Å². The molecule has 2 heterocycles. The molecule has 1 saturated carbocycles. The highest BCUT2D eigenvalue weighted by molar-refractivity contribution is 7.13. The van der Waals surface area contributed by atoms with Gasteiger partial charge in [-0.3, -0.25) is 4.79 Å².